The van der Waals surface area contributed by atoms with Crippen molar-refractivity contribution < 1.29 is 13.9 Å². The highest BCUT2D eigenvalue weighted by Crippen LogP contribution is 2.08. The highest BCUT2D eigenvalue weighted by Gasteiger charge is 2.23. The quantitative estimate of drug-likeness (QED) is 0.561. The Morgan fingerprint density at radius 1 is 1.80 bits per heavy atom. The third-order valence-electron chi connectivity index (χ3n) is 1.59. The predicted molar refractivity (Wildman–Crippen MR) is 33.0 cm³/mol. The lowest BCUT2D eigenvalue weighted by molar-refractivity contribution is -0.151. The van der Waals surface area contributed by atoms with Crippen LogP contribution in [0.2, 0.25) is 0 Å². The Morgan fingerprint density at radius 2 is 2.60 bits per heavy atom. The van der Waals surface area contributed by atoms with Gasteiger partial charge < -0.3 is 10.1 Å². The SMILES string of the molecule is O=C(OCF)C1CCNC1. The zero-order valence-electron chi connectivity index (χ0n) is 5.60. The van der Waals surface area contributed by atoms with Crippen LogP contribution < -0.4 is 5.32 Å². The first-order chi connectivity index (χ1) is 4.84. The van der Waals surface area contributed by atoms with Crippen molar-refractivity contribution in [3.05, 3.63) is 0 Å². The molecule has 1 unspecified atom stereocenters. The summed E-state index contributed by atoms with van der Waals surface area (Å²) >= 11 is 0. The van der Waals surface area contributed by atoms with Gasteiger partial charge in [-0.2, -0.15) is 0 Å². The molecule has 4 heteroatoms. The standard InChI is InChI=1S/C6H10FNO2/c7-4-10-6(9)5-1-2-8-3-5/h5,8H,1-4H2. The summed E-state index contributed by atoms with van der Waals surface area (Å²) in [6.45, 7) is 0.445. The number of halogens is 1. The normalized spacial score (nSPS) is 24.7. The Hall–Kier alpha value is -0.640. The molecule has 1 aliphatic heterocycles. The molecule has 0 aromatic rings. The molecule has 0 aliphatic carbocycles. The lowest BCUT2D eigenvalue weighted by Crippen LogP contribution is -2.19. The first kappa shape index (κ1) is 7.47. The molecule has 0 saturated carbocycles. The number of esters is 1. The first-order valence-corrected chi connectivity index (χ1v) is 3.28. The lowest BCUT2D eigenvalue weighted by atomic mass is 10.1. The number of hydrogen-bond acceptors (Lipinski definition) is 3. The molecule has 58 valence electrons. The van der Waals surface area contributed by atoms with Crippen molar-refractivity contribution >= 4 is 5.97 Å². The van der Waals surface area contributed by atoms with Gasteiger partial charge in [0.2, 0.25) is 6.86 Å². The van der Waals surface area contributed by atoms with E-state index in [-0.39, 0.29) is 5.92 Å². The van der Waals surface area contributed by atoms with Gasteiger partial charge in [-0.25, -0.2) is 4.39 Å². The summed E-state index contributed by atoms with van der Waals surface area (Å²) in [6.07, 6.45) is 0.763. The monoisotopic (exact) mass is 147 g/mol. The summed E-state index contributed by atoms with van der Waals surface area (Å²) in [5.74, 6) is -0.553. The molecule has 1 saturated heterocycles. The maximum Gasteiger partial charge on any atom is 0.312 e. The van der Waals surface area contributed by atoms with Gasteiger partial charge in [-0.1, -0.05) is 0 Å². The van der Waals surface area contributed by atoms with Gasteiger partial charge in [0, 0.05) is 6.54 Å². The fourth-order valence-corrected chi connectivity index (χ4v) is 1.03. The second-order valence-corrected chi connectivity index (χ2v) is 2.26. The minimum atomic E-state index is -1.00. The molecule has 3 nitrogen and oxygen atoms in total. The summed E-state index contributed by atoms with van der Waals surface area (Å²) in [4.78, 5) is 10.7. The van der Waals surface area contributed by atoms with Crippen molar-refractivity contribution in [2.45, 2.75) is 6.42 Å². The average Bonchev–Trinajstić information content (AvgIpc) is 2.38. The molecular formula is C6H10FNO2. The van der Waals surface area contributed by atoms with E-state index in [1.54, 1.807) is 0 Å². The number of hydrogen-bond donors (Lipinski definition) is 1. The van der Waals surface area contributed by atoms with Crippen LogP contribution in [0, 0.1) is 5.92 Å². The van der Waals surface area contributed by atoms with E-state index in [4.69, 9.17) is 0 Å². The maximum absolute atomic E-state index is 11.4. The van der Waals surface area contributed by atoms with Crippen molar-refractivity contribution in [2.24, 2.45) is 5.92 Å². The third kappa shape index (κ3) is 1.67. The zero-order chi connectivity index (χ0) is 7.40. The predicted octanol–water partition coefficient (Wildman–Crippen LogP) is 0.0661. The van der Waals surface area contributed by atoms with Gasteiger partial charge in [0.25, 0.3) is 0 Å². The second-order valence-electron chi connectivity index (χ2n) is 2.26. The van der Waals surface area contributed by atoms with Crippen molar-refractivity contribution in [1.82, 2.24) is 5.32 Å². The highest BCUT2D eigenvalue weighted by atomic mass is 19.1. The van der Waals surface area contributed by atoms with Crippen LogP contribution in [0.15, 0.2) is 0 Å². The Bertz CT molecular complexity index is 123. The van der Waals surface area contributed by atoms with Gasteiger partial charge in [0.05, 0.1) is 5.92 Å². The minimum absolute atomic E-state index is 0.129. The van der Waals surface area contributed by atoms with Crippen LogP contribution in [0.3, 0.4) is 0 Å². The van der Waals surface area contributed by atoms with E-state index in [9.17, 15) is 9.18 Å². The number of nitrogens with one attached hydrogen (secondary N) is 1. The zero-order valence-corrected chi connectivity index (χ0v) is 5.60. The summed E-state index contributed by atoms with van der Waals surface area (Å²) in [5, 5.41) is 2.99. The average molecular weight is 147 g/mol. The first-order valence-electron chi connectivity index (χ1n) is 3.28. The van der Waals surface area contributed by atoms with Crippen molar-refractivity contribution in [1.29, 1.82) is 0 Å². The molecule has 1 fully saturated rings. The van der Waals surface area contributed by atoms with Crippen LogP contribution in [-0.2, 0) is 9.53 Å². The Kier molecular flexibility index (Phi) is 2.62. The van der Waals surface area contributed by atoms with Crippen molar-refractivity contribution in [3.8, 4) is 0 Å². The maximum atomic E-state index is 11.4. The summed E-state index contributed by atoms with van der Waals surface area (Å²) in [5.41, 5.74) is 0. The molecule has 0 amide bonds. The van der Waals surface area contributed by atoms with Crippen LogP contribution in [0.5, 0.6) is 0 Å². The Balaban J connectivity index is 2.25. The highest BCUT2D eigenvalue weighted by molar-refractivity contribution is 5.72. The Morgan fingerprint density at radius 3 is 3.10 bits per heavy atom. The number of alkyl halides is 1. The fourth-order valence-electron chi connectivity index (χ4n) is 1.03. The van der Waals surface area contributed by atoms with Crippen LogP contribution in [-0.4, -0.2) is 25.9 Å². The van der Waals surface area contributed by atoms with Crippen molar-refractivity contribution in [3.63, 3.8) is 0 Å². The number of rotatable bonds is 2. The molecule has 1 atom stereocenters. The number of carbonyl (C=O) groups is 1. The van der Waals surface area contributed by atoms with E-state index in [2.05, 4.69) is 10.1 Å². The summed E-state index contributed by atoms with van der Waals surface area (Å²) in [6, 6.07) is 0. The van der Waals surface area contributed by atoms with E-state index >= 15 is 0 Å². The number of ether oxygens (including phenoxy) is 1. The molecule has 0 radical (unpaired) electrons. The molecule has 0 aromatic carbocycles. The van der Waals surface area contributed by atoms with Crippen LogP contribution in [0.1, 0.15) is 6.42 Å². The van der Waals surface area contributed by atoms with Gasteiger partial charge in [-0.15, -0.1) is 0 Å². The topological polar surface area (TPSA) is 38.3 Å². The van der Waals surface area contributed by atoms with E-state index in [1.807, 2.05) is 0 Å². The largest absolute Gasteiger partial charge is 0.433 e. The van der Waals surface area contributed by atoms with Crippen LogP contribution in [0.25, 0.3) is 0 Å². The van der Waals surface area contributed by atoms with E-state index in [1.165, 1.54) is 0 Å². The summed E-state index contributed by atoms with van der Waals surface area (Å²) in [7, 11) is 0. The molecule has 10 heavy (non-hydrogen) atoms. The van der Waals surface area contributed by atoms with Gasteiger partial charge in [-0.05, 0) is 13.0 Å². The molecule has 0 aromatic heterocycles. The van der Waals surface area contributed by atoms with Gasteiger partial charge in [0.15, 0.2) is 0 Å². The molecule has 1 aliphatic rings. The second kappa shape index (κ2) is 3.51. The van der Waals surface area contributed by atoms with Gasteiger partial charge in [-0.3, -0.25) is 4.79 Å². The third-order valence-corrected chi connectivity index (χ3v) is 1.59. The van der Waals surface area contributed by atoms with Gasteiger partial charge >= 0.3 is 5.97 Å². The molecular weight excluding hydrogens is 137 g/mol. The number of carbonyl (C=O) groups excluding carboxylic acids is 1. The van der Waals surface area contributed by atoms with E-state index in [0.717, 1.165) is 13.0 Å². The van der Waals surface area contributed by atoms with E-state index in [0.29, 0.717) is 6.54 Å². The smallest absolute Gasteiger partial charge is 0.312 e. The molecule has 1 rings (SSSR count). The van der Waals surface area contributed by atoms with Crippen molar-refractivity contribution in [2.75, 3.05) is 20.0 Å². The Labute approximate surface area is 58.5 Å². The molecule has 0 spiro atoms. The van der Waals surface area contributed by atoms with Crippen LogP contribution >= 0.6 is 0 Å². The van der Waals surface area contributed by atoms with E-state index < -0.39 is 12.8 Å². The lowest BCUT2D eigenvalue weighted by Gasteiger charge is -2.04. The molecule has 0 bridgehead atoms. The molecule has 1 N–H and O–H groups in total. The minimum Gasteiger partial charge on any atom is -0.433 e. The van der Waals surface area contributed by atoms with Crippen LogP contribution in [0.4, 0.5) is 4.39 Å². The molecule has 1 heterocycles. The summed E-state index contributed by atoms with van der Waals surface area (Å²) < 4.78 is 15.6. The fraction of sp³-hybridized carbons (Fsp3) is 0.833. The van der Waals surface area contributed by atoms with Gasteiger partial charge in [0.1, 0.15) is 0 Å².